The summed E-state index contributed by atoms with van der Waals surface area (Å²) in [4.78, 5) is 0. The van der Waals surface area contributed by atoms with Crippen molar-refractivity contribution in [2.75, 3.05) is 20.8 Å². The van der Waals surface area contributed by atoms with Gasteiger partial charge in [0.15, 0.2) is 0 Å². The van der Waals surface area contributed by atoms with Crippen LogP contribution < -0.4 is 5.32 Å². The Labute approximate surface area is 99.0 Å². The summed E-state index contributed by atoms with van der Waals surface area (Å²) in [5.74, 6) is 0. The Kier molecular flexibility index (Phi) is 5.50. The van der Waals surface area contributed by atoms with Crippen molar-refractivity contribution in [1.82, 2.24) is 5.32 Å². The maximum Gasteiger partial charge on any atom is 0.0477 e. The van der Waals surface area contributed by atoms with Crippen LogP contribution in [0.3, 0.4) is 0 Å². The lowest BCUT2D eigenvalue weighted by Gasteiger charge is -2.17. The molecule has 0 saturated carbocycles. The summed E-state index contributed by atoms with van der Waals surface area (Å²) >= 11 is 0. The molecule has 90 valence electrons. The minimum absolute atomic E-state index is 0.500. The van der Waals surface area contributed by atoms with Crippen LogP contribution in [0.4, 0.5) is 0 Å². The van der Waals surface area contributed by atoms with Crippen LogP contribution in [0.25, 0.3) is 0 Å². The van der Waals surface area contributed by atoms with Gasteiger partial charge in [-0.05, 0) is 44.9 Å². The molecule has 2 nitrogen and oxygen atoms in total. The molecule has 0 saturated heterocycles. The Bertz CT molecular complexity index is 323. The molecule has 2 heteroatoms. The quantitative estimate of drug-likeness (QED) is 0.797. The third-order valence-electron chi connectivity index (χ3n) is 3.05. The first-order valence-electron chi connectivity index (χ1n) is 5.89. The van der Waals surface area contributed by atoms with Crippen LogP contribution in [0, 0.1) is 13.8 Å². The van der Waals surface area contributed by atoms with Gasteiger partial charge in [-0.1, -0.05) is 23.8 Å². The van der Waals surface area contributed by atoms with Gasteiger partial charge in [0.05, 0.1) is 0 Å². The average molecular weight is 221 g/mol. The Morgan fingerprint density at radius 3 is 2.69 bits per heavy atom. The van der Waals surface area contributed by atoms with E-state index in [0.717, 1.165) is 19.4 Å². The standard InChI is InChI=1S/C14H23NO/c1-11-5-6-12(2)13(9-11)10-14(15-3)7-8-16-4/h5-6,9,14-15H,7-8,10H2,1-4H3. The van der Waals surface area contributed by atoms with E-state index in [0.29, 0.717) is 6.04 Å². The summed E-state index contributed by atoms with van der Waals surface area (Å²) in [5.41, 5.74) is 4.15. The molecule has 1 rings (SSSR count). The first-order chi connectivity index (χ1) is 7.67. The zero-order valence-electron chi connectivity index (χ0n) is 10.8. The summed E-state index contributed by atoms with van der Waals surface area (Å²) < 4.78 is 5.13. The molecule has 1 unspecified atom stereocenters. The van der Waals surface area contributed by atoms with Crippen molar-refractivity contribution in [2.24, 2.45) is 0 Å². The highest BCUT2D eigenvalue weighted by atomic mass is 16.5. The van der Waals surface area contributed by atoms with Crippen LogP contribution >= 0.6 is 0 Å². The maximum atomic E-state index is 5.13. The Morgan fingerprint density at radius 1 is 1.31 bits per heavy atom. The van der Waals surface area contributed by atoms with E-state index in [2.05, 4.69) is 37.4 Å². The number of rotatable bonds is 6. The molecule has 1 aromatic carbocycles. The van der Waals surface area contributed by atoms with Gasteiger partial charge in [-0.25, -0.2) is 0 Å². The average Bonchev–Trinajstić information content (AvgIpc) is 2.28. The molecule has 0 radical (unpaired) electrons. The molecule has 0 bridgehead atoms. The highest BCUT2D eigenvalue weighted by Gasteiger charge is 2.08. The number of ether oxygens (including phenoxy) is 1. The summed E-state index contributed by atoms with van der Waals surface area (Å²) in [6.07, 6.45) is 2.13. The molecule has 0 aliphatic carbocycles. The highest BCUT2D eigenvalue weighted by molar-refractivity contribution is 5.31. The molecule has 1 atom stereocenters. The molecule has 16 heavy (non-hydrogen) atoms. The Hall–Kier alpha value is -0.860. The SMILES string of the molecule is CNC(CCOC)Cc1cc(C)ccc1C. The van der Waals surface area contributed by atoms with Crippen LogP contribution in [0.2, 0.25) is 0 Å². The number of hydrogen-bond acceptors (Lipinski definition) is 2. The lowest BCUT2D eigenvalue weighted by molar-refractivity contribution is 0.184. The van der Waals surface area contributed by atoms with Gasteiger partial charge in [-0.15, -0.1) is 0 Å². The molecule has 0 aromatic heterocycles. The van der Waals surface area contributed by atoms with Crippen molar-refractivity contribution < 1.29 is 4.74 Å². The van der Waals surface area contributed by atoms with Gasteiger partial charge in [0.1, 0.15) is 0 Å². The predicted octanol–water partition coefficient (Wildman–Crippen LogP) is 2.47. The van der Waals surface area contributed by atoms with Gasteiger partial charge in [0.2, 0.25) is 0 Å². The van der Waals surface area contributed by atoms with Gasteiger partial charge in [0.25, 0.3) is 0 Å². The second-order valence-corrected chi connectivity index (χ2v) is 4.40. The molecule has 0 aliphatic rings. The lowest BCUT2D eigenvalue weighted by Crippen LogP contribution is -2.29. The van der Waals surface area contributed by atoms with Crippen molar-refractivity contribution in [2.45, 2.75) is 32.7 Å². The summed E-state index contributed by atoms with van der Waals surface area (Å²) in [5, 5.41) is 3.35. The van der Waals surface area contributed by atoms with Gasteiger partial charge in [-0.3, -0.25) is 0 Å². The van der Waals surface area contributed by atoms with E-state index in [1.165, 1.54) is 16.7 Å². The van der Waals surface area contributed by atoms with Crippen molar-refractivity contribution in [1.29, 1.82) is 0 Å². The third-order valence-corrected chi connectivity index (χ3v) is 3.05. The normalized spacial score (nSPS) is 12.8. The van der Waals surface area contributed by atoms with Gasteiger partial charge >= 0.3 is 0 Å². The van der Waals surface area contributed by atoms with Crippen molar-refractivity contribution >= 4 is 0 Å². The van der Waals surface area contributed by atoms with E-state index in [4.69, 9.17) is 4.74 Å². The van der Waals surface area contributed by atoms with Crippen molar-refractivity contribution in [3.8, 4) is 0 Å². The number of benzene rings is 1. The smallest absolute Gasteiger partial charge is 0.0477 e. The maximum absolute atomic E-state index is 5.13. The van der Waals surface area contributed by atoms with Gasteiger partial charge in [-0.2, -0.15) is 0 Å². The summed E-state index contributed by atoms with van der Waals surface area (Å²) in [6.45, 7) is 5.14. The van der Waals surface area contributed by atoms with E-state index in [9.17, 15) is 0 Å². The zero-order chi connectivity index (χ0) is 12.0. The van der Waals surface area contributed by atoms with Crippen LogP contribution in [0.5, 0.6) is 0 Å². The largest absolute Gasteiger partial charge is 0.385 e. The number of hydrogen-bond donors (Lipinski definition) is 1. The number of aryl methyl sites for hydroxylation is 2. The van der Waals surface area contributed by atoms with Crippen molar-refractivity contribution in [3.63, 3.8) is 0 Å². The van der Waals surface area contributed by atoms with Crippen LogP contribution in [0.15, 0.2) is 18.2 Å². The van der Waals surface area contributed by atoms with Gasteiger partial charge < -0.3 is 10.1 Å². The van der Waals surface area contributed by atoms with E-state index in [1.54, 1.807) is 7.11 Å². The molecular weight excluding hydrogens is 198 g/mol. The van der Waals surface area contributed by atoms with Crippen LogP contribution in [-0.2, 0) is 11.2 Å². The zero-order valence-corrected chi connectivity index (χ0v) is 10.8. The molecule has 0 aliphatic heterocycles. The minimum atomic E-state index is 0.500. The molecule has 0 fully saturated rings. The molecule has 0 heterocycles. The Morgan fingerprint density at radius 2 is 2.06 bits per heavy atom. The van der Waals surface area contributed by atoms with E-state index in [1.807, 2.05) is 7.05 Å². The third kappa shape index (κ3) is 3.95. The summed E-state index contributed by atoms with van der Waals surface area (Å²) in [7, 11) is 3.77. The lowest BCUT2D eigenvalue weighted by atomic mass is 9.98. The summed E-state index contributed by atoms with van der Waals surface area (Å²) in [6, 6.07) is 7.16. The predicted molar refractivity (Wildman–Crippen MR) is 69.0 cm³/mol. The first-order valence-corrected chi connectivity index (χ1v) is 5.89. The topological polar surface area (TPSA) is 21.3 Å². The number of methoxy groups -OCH3 is 1. The second-order valence-electron chi connectivity index (χ2n) is 4.40. The van der Waals surface area contributed by atoms with Gasteiger partial charge in [0, 0.05) is 19.8 Å². The second kappa shape index (κ2) is 6.66. The van der Waals surface area contributed by atoms with E-state index in [-0.39, 0.29) is 0 Å². The van der Waals surface area contributed by atoms with Crippen LogP contribution in [-0.4, -0.2) is 26.8 Å². The van der Waals surface area contributed by atoms with E-state index < -0.39 is 0 Å². The molecule has 0 amide bonds. The monoisotopic (exact) mass is 221 g/mol. The first kappa shape index (κ1) is 13.2. The van der Waals surface area contributed by atoms with E-state index >= 15 is 0 Å². The molecule has 0 spiro atoms. The molecular formula is C14H23NO. The molecule has 1 aromatic rings. The van der Waals surface area contributed by atoms with Crippen LogP contribution in [0.1, 0.15) is 23.1 Å². The fraction of sp³-hybridized carbons (Fsp3) is 0.571. The number of likely N-dealkylation sites (N-methyl/N-ethyl adjacent to an activating group) is 1. The minimum Gasteiger partial charge on any atom is -0.385 e. The highest BCUT2D eigenvalue weighted by Crippen LogP contribution is 2.13. The fourth-order valence-corrected chi connectivity index (χ4v) is 1.89. The van der Waals surface area contributed by atoms with Crippen molar-refractivity contribution in [3.05, 3.63) is 34.9 Å². The Balaban J connectivity index is 2.65. The molecule has 1 N–H and O–H groups in total. The fourth-order valence-electron chi connectivity index (χ4n) is 1.89. The number of nitrogens with one attached hydrogen (secondary N) is 1.